The number of amides is 1. The van der Waals surface area contributed by atoms with Crippen LogP contribution in [0.2, 0.25) is 0 Å². The standard InChI is InChI=1S/C9H17NO3/c1-7(2)10-5-8(3-4-11)6-13-9(10)12/h7-8,11H,3-6H2,1-2H3. The highest BCUT2D eigenvalue weighted by Gasteiger charge is 2.28. The van der Waals surface area contributed by atoms with E-state index >= 15 is 0 Å². The quantitative estimate of drug-likeness (QED) is 0.712. The van der Waals surface area contributed by atoms with Gasteiger partial charge in [0, 0.05) is 25.1 Å². The molecule has 1 unspecified atom stereocenters. The average molecular weight is 187 g/mol. The molecule has 1 heterocycles. The smallest absolute Gasteiger partial charge is 0.410 e. The van der Waals surface area contributed by atoms with Crippen molar-refractivity contribution in [3.05, 3.63) is 0 Å². The number of aliphatic hydroxyl groups is 1. The maximum Gasteiger partial charge on any atom is 0.410 e. The highest BCUT2D eigenvalue weighted by molar-refractivity contribution is 5.68. The first-order chi connectivity index (χ1) is 6.15. The summed E-state index contributed by atoms with van der Waals surface area (Å²) in [5, 5.41) is 8.75. The van der Waals surface area contributed by atoms with Gasteiger partial charge in [-0.2, -0.15) is 0 Å². The Balaban J connectivity index is 2.48. The Morgan fingerprint density at radius 2 is 2.38 bits per heavy atom. The van der Waals surface area contributed by atoms with Crippen LogP contribution in [-0.2, 0) is 4.74 Å². The Bertz CT molecular complexity index is 182. The predicted molar refractivity (Wildman–Crippen MR) is 48.4 cm³/mol. The van der Waals surface area contributed by atoms with Crippen molar-refractivity contribution in [3.63, 3.8) is 0 Å². The van der Waals surface area contributed by atoms with E-state index in [1.807, 2.05) is 13.8 Å². The molecule has 0 saturated carbocycles. The van der Waals surface area contributed by atoms with Crippen LogP contribution in [0, 0.1) is 5.92 Å². The largest absolute Gasteiger partial charge is 0.449 e. The van der Waals surface area contributed by atoms with E-state index in [9.17, 15) is 4.79 Å². The lowest BCUT2D eigenvalue weighted by Gasteiger charge is -2.34. The van der Waals surface area contributed by atoms with E-state index in [1.165, 1.54) is 0 Å². The summed E-state index contributed by atoms with van der Waals surface area (Å²) in [6, 6.07) is 0.175. The molecule has 0 bridgehead atoms. The summed E-state index contributed by atoms with van der Waals surface area (Å²) < 4.78 is 4.99. The van der Waals surface area contributed by atoms with E-state index in [2.05, 4.69) is 0 Å². The monoisotopic (exact) mass is 187 g/mol. The van der Waals surface area contributed by atoms with Crippen molar-refractivity contribution in [1.82, 2.24) is 4.90 Å². The van der Waals surface area contributed by atoms with Crippen molar-refractivity contribution < 1.29 is 14.6 Å². The lowest BCUT2D eigenvalue weighted by atomic mass is 10.1. The molecule has 1 atom stereocenters. The molecule has 1 saturated heterocycles. The Labute approximate surface area is 78.5 Å². The molecule has 1 rings (SSSR count). The molecule has 1 fully saturated rings. The number of hydrogen-bond donors (Lipinski definition) is 1. The van der Waals surface area contributed by atoms with E-state index in [4.69, 9.17) is 9.84 Å². The Morgan fingerprint density at radius 3 is 2.92 bits per heavy atom. The molecular formula is C9H17NO3. The molecule has 1 amide bonds. The highest BCUT2D eigenvalue weighted by atomic mass is 16.6. The van der Waals surface area contributed by atoms with Gasteiger partial charge in [0.2, 0.25) is 0 Å². The summed E-state index contributed by atoms with van der Waals surface area (Å²) in [5.41, 5.74) is 0. The number of ether oxygens (including phenoxy) is 1. The third kappa shape index (κ3) is 2.59. The van der Waals surface area contributed by atoms with Crippen LogP contribution < -0.4 is 0 Å². The van der Waals surface area contributed by atoms with Crippen LogP contribution in [0.15, 0.2) is 0 Å². The van der Waals surface area contributed by atoms with Gasteiger partial charge >= 0.3 is 6.09 Å². The van der Waals surface area contributed by atoms with Crippen LogP contribution in [-0.4, -0.2) is 41.9 Å². The maximum absolute atomic E-state index is 11.2. The van der Waals surface area contributed by atoms with Crippen molar-refractivity contribution in [2.24, 2.45) is 5.92 Å². The highest BCUT2D eigenvalue weighted by Crippen LogP contribution is 2.16. The van der Waals surface area contributed by atoms with E-state index in [1.54, 1.807) is 4.90 Å². The van der Waals surface area contributed by atoms with Gasteiger partial charge in [-0.05, 0) is 20.3 Å². The van der Waals surface area contributed by atoms with Crippen LogP contribution >= 0.6 is 0 Å². The molecule has 13 heavy (non-hydrogen) atoms. The van der Waals surface area contributed by atoms with Gasteiger partial charge in [-0.3, -0.25) is 0 Å². The second-order valence-electron chi connectivity index (χ2n) is 3.70. The van der Waals surface area contributed by atoms with Gasteiger partial charge in [0.25, 0.3) is 0 Å². The maximum atomic E-state index is 11.2. The number of carbonyl (C=O) groups excluding carboxylic acids is 1. The molecule has 4 heteroatoms. The van der Waals surface area contributed by atoms with Crippen molar-refractivity contribution in [3.8, 4) is 0 Å². The molecular weight excluding hydrogens is 170 g/mol. The molecule has 0 aromatic rings. The minimum atomic E-state index is -0.232. The summed E-state index contributed by atoms with van der Waals surface area (Å²) in [4.78, 5) is 12.9. The summed E-state index contributed by atoms with van der Waals surface area (Å²) in [5.74, 6) is 0.282. The van der Waals surface area contributed by atoms with Gasteiger partial charge in [0.1, 0.15) is 0 Å². The summed E-state index contributed by atoms with van der Waals surface area (Å²) >= 11 is 0. The van der Waals surface area contributed by atoms with E-state index in [0.717, 1.165) is 0 Å². The van der Waals surface area contributed by atoms with E-state index < -0.39 is 0 Å². The number of hydrogen-bond acceptors (Lipinski definition) is 3. The van der Waals surface area contributed by atoms with Gasteiger partial charge in [-0.1, -0.05) is 0 Å². The Kier molecular flexibility index (Phi) is 3.54. The lowest BCUT2D eigenvalue weighted by Crippen LogP contribution is -2.46. The van der Waals surface area contributed by atoms with Gasteiger partial charge in [0.05, 0.1) is 6.61 Å². The molecule has 0 aromatic carbocycles. The topological polar surface area (TPSA) is 49.8 Å². The summed E-state index contributed by atoms with van der Waals surface area (Å²) in [7, 11) is 0. The first kappa shape index (κ1) is 10.3. The molecule has 1 aliphatic heterocycles. The first-order valence-corrected chi connectivity index (χ1v) is 4.69. The normalized spacial score (nSPS) is 23.5. The zero-order valence-electron chi connectivity index (χ0n) is 8.19. The molecule has 0 aromatic heterocycles. The number of nitrogens with zero attached hydrogens (tertiary/aromatic N) is 1. The zero-order chi connectivity index (χ0) is 9.84. The minimum absolute atomic E-state index is 0.161. The third-order valence-corrected chi connectivity index (χ3v) is 2.29. The predicted octanol–water partition coefficient (Wildman–Crippen LogP) is 0.846. The fourth-order valence-corrected chi connectivity index (χ4v) is 1.46. The molecule has 1 aliphatic rings. The van der Waals surface area contributed by atoms with Crippen LogP contribution in [0.4, 0.5) is 4.79 Å². The van der Waals surface area contributed by atoms with Gasteiger partial charge in [0.15, 0.2) is 0 Å². The minimum Gasteiger partial charge on any atom is -0.449 e. The number of carbonyl (C=O) groups is 1. The zero-order valence-corrected chi connectivity index (χ0v) is 8.19. The van der Waals surface area contributed by atoms with Crippen molar-refractivity contribution in [2.75, 3.05) is 19.8 Å². The molecule has 76 valence electrons. The fraction of sp³-hybridized carbons (Fsp3) is 0.889. The number of cyclic esters (lactones) is 1. The summed E-state index contributed by atoms with van der Waals surface area (Å²) in [6.45, 7) is 5.24. The molecule has 0 radical (unpaired) electrons. The van der Waals surface area contributed by atoms with Crippen LogP contribution in [0.5, 0.6) is 0 Å². The average Bonchev–Trinajstić information content (AvgIpc) is 2.08. The van der Waals surface area contributed by atoms with Gasteiger partial charge in [-0.25, -0.2) is 4.79 Å². The third-order valence-electron chi connectivity index (χ3n) is 2.29. The molecule has 1 N–H and O–H groups in total. The van der Waals surface area contributed by atoms with Crippen LogP contribution in [0.25, 0.3) is 0 Å². The van der Waals surface area contributed by atoms with Crippen molar-refractivity contribution in [1.29, 1.82) is 0 Å². The van der Waals surface area contributed by atoms with Crippen molar-refractivity contribution >= 4 is 6.09 Å². The van der Waals surface area contributed by atoms with E-state index in [0.29, 0.717) is 19.6 Å². The Morgan fingerprint density at radius 1 is 1.69 bits per heavy atom. The van der Waals surface area contributed by atoms with Gasteiger partial charge < -0.3 is 14.7 Å². The second-order valence-corrected chi connectivity index (χ2v) is 3.70. The van der Waals surface area contributed by atoms with E-state index in [-0.39, 0.29) is 24.7 Å². The SMILES string of the molecule is CC(C)N1CC(CCO)COC1=O. The lowest BCUT2D eigenvalue weighted by molar-refractivity contribution is 0.0250. The van der Waals surface area contributed by atoms with Crippen LogP contribution in [0.3, 0.4) is 0 Å². The molecule has 4 nitrogen and oxygen atoms in total. The van der Waals surface area contributed by atoms with Gasteiger partial charge in [-0.15, -0.1) is 0 Å². The van der Waals surface area contributed by atoms with Crippen molar-refractivity contribution in [2.45, 2.75) is 26.3 Å². The fourth-order valence-electron chi connectivity index (χ4n) is 1.46. The number of rotatable bonds is 3. The first-order valence-electron chi connectivity index (χ1n) is 4.69. The Hall–Kier alpha value is -0.770. The molecule has 0 spiro atoms. The second kappa shape index (κ2) is 4.46. The number of aliphatic hydroxyl groups excluding tert-OH is 1. The van der Waals surface area contributed by atoms with Crippen LogP contribution in [0.1, 0.15) is 20.3 Å². The molecule has 0 aliphatic carbocycles. The summed E-state index contributed by atoms with van der Waals surface area (Å²) in [6.07, 6.45) is 0.473.